The highest BCUT2D eigenvalue weighted by Crippen LogP contribution is 2.23. The van der Waals surface area contributed by atoms with Crippen molar-refractivity contribution < 1.29 is 0 Å². The fraction of sp³-hybridized carbons (Fsp3) is 0.625. The Hall–Kier alpha value is -0.440. The van der Waals surface area contributed by atoms with Crippen LogP contribution in [0.4, 0.5) is 0 Å². The zero-order valence-corrected chi connectivity index (χ0v) is 13.7. The molecule has 2 heteroatoms. The minimum absolute atomic E-state index is 0.992. The SMILES string of the molecule is CCCCC#C/C(SC)=C(/C#CCCCC)SC. The summed E-state index contributed by atoms with van der Waals surface area (Å²) in [5, 5.41) is 0. The Morgan fingerprint density at radius 1 is 0.778 bits per heavy atom. The van der Waals surface area contributed by atoms with Crippen LogP contribution in [0.3, 0.4) is 0 Å². The Bertz CT molecular complexity index is 322. The molecule has 0 nitrogen and oxygen atoms in total. The zero-order valence-electron chi connectivity index (χ0n) is 12.1. The van der Waals surface area contributed by atoms with E-state index in [9.17, 15) is 0 Å². The molecule has 0 saturated heterocycles. The third-order valence-electron chi connectivity index (χ3n) is 2.33. The Balaban J connectivity index is 4.67. The van der Waals surface area contributed by atoms with Crippen LogP contribution in [-0.2, 0) is 0 Å². The van der Waals surface area contributed by atoms with Gasteiger partial charge in [-0.05, 0) is 25.4 Å². The van der Waals surface area contributed by atoms with Crippen LogP contribution in [0.25, 0.3) is 0 Å². The lowest BCUT2D eigenvalue weighted by molar-refractivity contribution is 0.828. The molecule has 0 rings (SSSR count). The summed E-state index contributed by atoms with van der Waals surface area (Å²) in [6, 6.07) is 0. The van der Waals surface area contributed by atoms with Gasteiger partial charge in [0.15, 0.2) is 0 Å². The second-order valence-corrected chi connectivity index (χ2v) is 5.51. The molecule has 18 heavy (non-hydrogen) atoms. The summed E-state index contributed by atoms with van der Waals surface area (Å²) >= 11 is 3.41. The predicted molar refractivity (Wildman–Crippen MR) is 88.7 cm³/mol. The van der Waals surface area contributed by atoms with Crippen LogP contribution >= 0.6 is 23.5 Å². The lowest BCUT2D eigenvalue weighted by atomic mass is 10.2. The monoisotopic (exact) mass is 280 g/mol. The number of rotatable bonds is 6. The van der Waals surface area contributed by atoms with Gasteiger partial charge in [-0.1, -0.05) is 50.4 Å². The van der Waals surface area contributed by atoms with Crippen molar-refractivity contribution in [2.75, 3.05) is 12.5 Å². The van der Waals surface area contributed by atoms with Crippen molar-refractivity contribution in [3.8, 4) is 23.7 Å². The van der Waals surface area contributed by atoms with E-state index in [0.717, 1.165) is 22.7 Å². The van der Waals surface area contributed by atoms with Gasteiger partial charge in [0.2, 0.25) is 0 Å². The minimum Gasteiger partial charge on any atom is -0.119 e. The maximum atomic E-state index is 3.27. The van der Waals surface area contributed by atoms with Gasteiger partial charge >= 0.3 is 0 Å². The summed E-state index contributed by atoms with van der Waals surface area (Å²) in [6.45, 7) is 4.39. The molecule has 0 aliphatic heterocycles. The van der Waals surface area contributed by atoms with E-state index < -0.39 is 0 Å². The first-order valence-electron chi connectivity index (χ1n) is 6.60. The average molecular weight is 281 g/mol. The van der Waals surface area contributed by atoms with E-state index in [1.807, 2.05) is 0 Å². The molecular formula is C16H24S2. The Labute approximate surface area is 122 Å². The molecule has 0 aromatic heterocycles. The average Bonchev–Trinajstić information content (AvgIpc) is 2.40. The first-order chi connectivity index (χ1) is 8.79. The first-order valence-corrected chi connectivity index (χ1v) is 9.05. The highest BCUT2D eigenvalue weighted by atomic mass is 32.2. The molecule has 0 heterocycles. The topological polar surface area (TPSA) is 0 Å². The van der Waals surface area contributed by atoms with Crippen LogP contribution in [0, 0.1) is 23.7 Å². The number of hydrogen-bond donors (Lipinski definition) is 0. The Morgan fingerprint density at radius 3 is 1.44 bits per heavy atom. The van der Waals surface area contributed by atoms with Crippen LogP contribution in [0.5, 0.6) is 0 Å². The van der Waals surface area contributed by atoms with Crippen molar-refractivity contribution in [2.24, 2.45) is 0 Å². The second kappa shape index (κ2) is 13.0. The summed E-state index contributed by atoms with van der Waals surface area (Å²) in [6.07, 6.45) is 10.9. The quantitative estimate of drug-likeness (QED) is 0.477. The molecular weight excluding hydrogens is 256 g/mol. The van der Waals surface area contributed by atoms with Crippen molar-refractivity contribution in [2.45, 2.75) is 52.4 Å². The molecule has 0 spiro atoms. The fourth-order valence-electron chi connectivity index (χ4n) is 1.22. The van der Waals surface area contributed by atoms with E-state index in [0.29, 0.717) is 0 Å². The molecule has 0 radical (unpaired) electrons. The molecule has 100 valence electrons. The summed E-state index contributed by atoms with van der Waals surface area (Å²) in [5.41, 5.74) is 0. The zero-order chi connectivity index (χ0) is 13.6. The molecule has 0 fully saturated rings. The first kappa shape index (κ1) is 17.6. The predicted octanol–water partition coefficient (Wildman–Crippen LogP) is 5.31. The molecule has 0 aliphatic rings. The summed E-state index contributed by atoms with van der Waals surface area (Å²) in [5.74, 6) is 13.0. The van der Waals surface area contributed by atoms with Gasteiger partial charge in [0.25, 0.3) is 0 Å². The van der Waals surface area contributed by atoms with E-state index in [2.05, 4.69) is 50.0 Å². The van der Waals surface area contributed by atoms with Crippen LogP contribution in [0.15, 0.2) is 9.81 Å². The number of allylic oxidation sites excluding steroid dienone is 2. The smallest absolute Gasteiger partial charge is 0.0792 e. The van der Waals surface area contributed by atoms with Gasteiger partial charge < -0.3 is 0 Å². The van der Waals surface area contributed by atoms with E-state index in [1.54, 1.807) is 23.5 Å². The van der Waals surface area contributed by atoms with Crippen LogP contribution < -0.4 is 0 Å². The van der Waals surface area contributed by atoms with E-state index in [-0.39, 0.29) is 0 Å². The second-order valence-electron chi connectivity index (χ2n) is 3.88. The van der Waals surface area contributed by atoms with Crippen molar-refractivity contribution in [1.29, 1.82) is 0 Å². The van der Waals surface area contributed by atoms with E-state index >= 15 is 0 Å². The highest BCUT2D eigenvalue weighted by molar-refractivity contribution is 8.06. The van der Waals surface area contributed by atoms with Gasteiger partial charge in [-0.3, -0.25) is 0 Å². The van der Waals surface area contributed by atoms with Gasteiger partial charge in [0.1, 0.15) is 0 Å². The van der Waals surface area contributed by atoms with Crippen molar-refractivity contribution in [3.63, 3.8) is 0 Å². The van der Waals surface area contributed by atoms with Crippen molar-refractivity contribution >= 4 is 23.5 Å². The van der Waals surface area contributed by atoms with Gasteiger partial charge in [-0.2, -0.15) is 0 Å². The van der Waals surface area contributed by atoms with Crippen molar-refractivity contribution in [1.82, 2.24) is 0 Å². The van der Waals surface area contributed by atoms with Crippen LogP contribution in [0.1, 0.15) is 52.4 Å². The molecule has 0 saturated carbocycles. The molecule has 0 atom stereocenters. The van der Waals surface area contributed by atoms with Crippen LogP contribution in [0.2, 0.25) is 0 Å². The molecule has 0 amide bonds. The summed E-state index contributed by atoms with van der Waals surface area (Å²) in [4.78, 5) is 2.25. The Kier molecular flexibility index (Phi) is 12.7. The largest absolute Gasteiger partial charge is 0.119 e. The number of thioether (sulfide) groups is 2. The third-order valence-corrected chi connectivity index (χ3v) is 3.89. The molecule has 0 N–H and O–H groups in total. The maximum absolute atomic E-state index is 3.27. The molecule has 0 bridgehead atoms. The Morgan fingerprint density at radius 2 is 1.17 bits per heavy atom. The maximum Gasteiger partial charge on any atom is 0.0792 e. The lowest BCUT2D eigenvalue weighted by Crippen LogP contribution is -1.80. The third kappa shape index (κ3) is 8.62. The van der Waals surface area contributed by atoms with E-state index in [4.69, 9.17) is 0 Å². The molecule has 0 aromatic carbocycles. The normalized spacial score (nSPS) is 10.9. The lowest BCUT2D eigenvalue weighted by Gasteiger charge is -1.98. The van der Waals surface area contributed by atoms with Gasteiger partial charge in [-0.25, -0.2) is 0 Å². The standard InChI is InChI=1S/C16H24S2/c1-5-7-9-11-13-15(17-3)16(18-4)14-12-10-8-6-2/h5-10H2,1-4H3/b16-15+. The van der Waals surface area contributed by atoms with Gasteiger partial charge in [0.05, 0.1) is 9.81 Å². The fourth-order valence-corrected chi connectivity index (χ4v) is 2.54. The minimum atomic E-state index is 0.992. The molecule has 0 unspecified atom stereocenters. The number of unbranched alkanes of at least 4 members (excludes halogenated alkanes) is 4. The number of hydrogen-bond acceptors (Lipinski definition) is 2. The van der Waals surface area contributed by atoms with E-state index in [1.165, 1.54) is 25.7 Å². The summed E-state index contributed by atoms with van der Waals surface area (Å²) < 4.78 is 0. The van der Waals surface area contributed by atoms with Crippen LogP contribution in [-0.4, -0.2) is 12.5 Å². The summed E-state index contributed by atoms with van der Waals surface area (Å²) in [7, 11) is 0. The van der Waals surface area contributed by atoms with Gasteiger partial charge in [0, 0.05) is 12.8 Å². The van der Waals surface area contributed by atoms with Crippen molar-refractivity contribution in [3.05, 3.63) is 9.81 Å². The molecule has 0 aromatic rings. The molecule has 0 aliphatic carbocycles. The van der Waals surface area contributed by atoms with Gasteiger partial charge in [-0.15, -0.1) is 23.5 Å². The highest BCUT2D eigenvalue weighted by Gasteiger charge is 1.99.